The summed E-state index contributed by atoms with van der Waals surface area (Å²) in [6.07, 6.45) is 2.12. The van der Waals surface area contributed by atoms with Crippen LogP contribution in [0.3, 0.4) is 0 Å². The van der Waals surface area contributed by atoms with E-state index < -0.39 is 0 Å². The molecule has 0 atom stereocenters. The first-order valence-corrected chi connectivity index (χ1v) is 6.53. The van der Waals surface area contributed by atoms with Crippen LogP contribution in [0.4, 0.5) is 0 Å². The van der Waals surface area contributed by atoms with Gasteiger partial charge >= 0.3 is 0 Å². The maximum absolute atomic E-state index is 5.81. The van der Waals surface area contributed by atoms with Gasteiger partial charge < -0.3 is 10.5 Å². The van der Waals surface area contributed by atoms with Gasteiger partial charge in [0.05, 0.1) is 6.61 Å². The third kappa shape index (κ3) is 4.04. The van der Waals surface area contributed by atoms with Gasteiger partial charge in [-0.1, -0.05) is 32.9 Å². The fourth-order valence-electron chi connectivity index (χ4n) is 2.08. The van der Waals surface area contributed by atoms with E-state index in [2.05, 4.69) is 39.8 Å². The Hall–Kier alpha value is -1.02. The molecule has 0 bridgehead atoms. The maximum atomic E-state index is 5.81. The lowest BCUT2D eigenvalue weighted by Gasteiger charge is -2.15. The predicted molar refractivity (Wildman–Crippen MR) is 73.4 cm³/mol. The first-order chi connectivity index (χ1) is 8.08. The van der Waals surface area contributed by atoms with Gasteiger partial charge in [-0.25, -0.2) is 0 Å². The topological polar surface area (TPSA) is 35.2 Å². The van der Waals surface area contributed by atoms with E-state index in [4.69, 9.17) is 10.5 Å². The molecule has 0 aliphatic carbocycles. The summed E-state index contributed by atoms with van der Waals surface area (Å²) in [5.74, 6) is 1.66. The molecule has 0 aliphatic heterocycles. The van der Waals surface area contributed by atoms with Crippen LogP contribution < -0.4 is 10.5 Å². The minimum absolute atomic E-state index is 0.547. The molecule has 2 nitrogen and oxygen atoms in total. The van der Waals surface area contributed by atoms with Gasteiger partial charge in [-0.3, -0.25) is 0 Å². The minimum Gasteiger partial charge on any atom is -0.493 e. The molecule has 0 aliphatic rings. The van der Waals surface area contributed by atoms with Crippen molar-refractivity contribution in [2.75, 3.05) is 6.61 Å². The van der Waals surface area contributed by atoms with Crippen LogP contribution in [-0.4, -0.2) is 6.61 Å². The molecule has 0 amide bonds. The smallest absolute Gasteiger partial charge is 0.126 e. The molecule has 1 aromatic carbocycles. The zero-order valence-electron chi connectivity index (χ0n) is 11.5. The molecule has 2 N–H and O–H groups in total. The summed E-state index contributed by atoms with van der Waals surface area (Å²) in [7, 11) is 0. The molecule has 2 heteroatoms. The van der Waals surface area contributed by atoms with Gasteiger partial charge in [0.2, 0.25) is 0 Å². The Bertz CT molecular complexity index is 358. The highest BCUT2D eigenvalue weighted by molar-refractivity contribution is 5.44. The highest BCUT2D eigenvalue weighted by atomic mass is 16.5. The van der Waals surface area contributed by atoms with Crippen LogP contribution in [0.25, 0.3) is 0 Å². The fourth-order valence-corrected chi connectivity index (χ4v) is 2.08. The van der Waals surface area contributed by atoms with Crippen LogP contribution in [0.1, 0.15) is 43.9 Å². The van der Waals surface area contributed by atoms with E-state index in [-0.39, 0.29) is 0 Å². The Kier molecular flexibility index (Phi) is 5.49. The second-order valence-electron chi connectivity index (χ2n) is 5.05. The molecule has 0 aromatic heterocycles. The first kappa shape index (κ1) is 14.0. The van der Waals surface area contributed by atoms with Crippen molar-refractivity contribution >= 4 is 0 Å². The minimum atomic E-state index is 0.547. The van der Waals surface area contributed by atoms with Crippen LogP contribution >= 0.6 is 0 Å². The first-order valence-electron chi connectivity index (χ1n) is 6.53. The molecule has 17 heavy (non-hydrogen) atoms. The number of benzene rings is 1. The van der Waals surface area contributed by atoms with Gasteiger partial charge in [0.1, 0.15) is 5.75 Å². The van der Waals surface area contributed by atoms with Gasteiger partial charge in [-0.05, 0) is 36.8 Å². The van der Waals surface area contributed by atoms with Crippen molar-refractivity contribution in [1.29, 1.82) is 0 Å². The third-order valence-electron chi connectivity index (χ3n) is 2.73. The van der Waals surface area contributed by atoms with E-state index in [1.54, 1.807) is 0 Å². The molecule has 0 saturated heterocycles. The Morgan fingerprint density at radius 3 is 2.53 bits per heavy atom. The standard InChI is InChI=1S/C15H25NO/c1-5-6-17-15-12(4)8-13(7-11(2)3)9-14(15)10-16/h8-9,11H,5-7,10,16H2,1-4H3. The van der Waals surface area contributed by atoms with E-state index in [9.17, 15) is 0 Å². The summed E-state index contributed by atoms with van der Waals surface area (Å²) in [4.78, 5) is 0. The van der Waals surface area contributed by atoms with E-state index in [1.165, 1.54) is 11.1 Å². The summed E-state index contributed by atoms with van der Waals surface area (Å²) in [5.41, 5.74) is 9.51. The van der Waals surface area contributed by atoms with Crippen LogP contribution in [0.2, 0.25) is 0 Å². The highest BCUT2D eigenvalue weighted by Gasteiger charge is 2.09. The lowest BCUT2D eigenvalue weighted by atomic mass is 9.98. The Morgan fingerprint density at radius 1 is 1.29 bits per heavy atom. The molecule has 0 saturated carbocycles. The second-order valence-corrected chi connectivity index (χ2v) is 5.05. The normalized spacial score (nSPS) is 10.9. The van der Waals surface area contributed by atoms with E-state index in [1.807, 2.05) is 0 Å². The van der Waals surface area contributed by atoms with Gasteiger partial charge in [0.25, 0.3) is 0 Å². The zero-order chi connectivity index (χ0) is 12.8. The molecule has 0 fully saturated rings. The van der Waals surface area contributed by atoms with Crippen molar-refractivity contribution in [3.8, 4) is 5.75 Å². The molecule has 1 rings (SSSR count). The fraction of sp³-hybridized carbons (Fsp3) is 0.600. The van der Waals surface area contributed by atoms with Crippen LogP contribution in [-0.2, 0) is 13.0 Å². The third-order valence-corrected chi connectivity index (χ3v) is 2.73. The molecular formula is C15H25NO. The zero-order valence-corrected chi connectivity index (χ0v) is 11.5. The highest BCUT2D eigenvalue weighted by Crippen LogP contribution is 2.26. The lowest BCUT2D eigenvalue weighted by molar-refractivity contribution is 0.312. The van der Waals surface area contributed by atoms with Crippen LogP contribution in [0.15, 0.2) is 12.1 Å². The van der Waals surface area contributed by atoms with Crippen molar-refractivity contribution in [2.24, 2.45) is 11.7 Å². The molecule has 96 valence electrons. The Morgan fingerprint density at radius 2 is 2.00 bits per heavy atom. The predicted octanol–water partition coefficient (Wildman–Crippen LogP) is 3.44. The number of aryl methyl sites for hydroxylation is 1. The molecule has 0 radical (unpaired) electrons. The molecule has 1 aromatic rings. The van der Waals surface area contributed by atoms with Crippen LogP contribution in [0.5, 0.6) is 5.75 Å². The van der Waals surface area contributed by atoms with E-state index in [0.717, 1.165) is 30.8 Å². The molecule has 0 unspecified atom stereocenters. The van der Waals surface area contributed by atoms with Gasteiger partial charge in [0.15, 0.2) is 0 Å². The molecule has 0 spiro atoms. The number of nitrogens with two attached hydrogens (primary N) is 1. The van der Waals surface area contributed by atoms with Crippen molar-refractivity contribution in [2.45, 2.75) is 47.1 Å². The SMILES string of the molecule is CCCOc1c(C)cc(CC(C)C)cc1CN. The summed E-state index contributed by atoms with van der Waals surface area (Å²) in [6, 6.07) is 4.42. The largest absolute Gasteiger partial charge is 0.493 e. The Labute approximate surface area is 105 Å². The van der Waals surface area contributed by atoms with Crippen molar-refractivity contribution < 1.29 is 4.74 Å². The molecular weight excluding hydrogens is 210 g/mol. The van der Waals surface area contributed by atoms with Crippen LogP contribution in [0, 0.1) is 12.8 Å². The summed E-state index contributed by atoms with van der Waals surface area (Å²) in [5, 5.41) is 0. The summed E-state index contributed by atoms with van der Waals surface area (Å²) < 4.78 is 5.79. The van der Waals surface area contributed by atoms with Gasteiger partial charge in [0, 0.05) is 12.1 Å². The lowest BCUT2D eigenvalue weighted by Crippen LogP contribution is -2.07. The van der Waals surface area contributed by atoms with Gasteiger partial charge in [-0.15, -0.1) is 0 Å². The number of ether oxygens (including phenoxy) is 1. The number of rotatable bonds is 6. The van der Waals surface area contributed by atoms with Gasteiger partial charge in [-0.2, -0.15) is 0 Å². The van der Waals surface area contributed by atoms with E-state index in [0.29, 0.717) is 12.5 Å². The Balaban J connectivity index is 2.98. The monoisotopic (exact) mass is 235 g/mol. The summed E-state index contributed by atoms with van der Waals surface area (Å²) in [6.45, 7) is 10.00. The molecule has 0 heterocycles. The van der Waals surface area contributed by atoms with Crippen molar-refractivity contribution in [3.63, 3.8) is 0 Å². The quantitative estimate of drug-likeness (QED) is 0.819. The average molecular weight is 235 g/mol. The van der Waals surface area contributed by atoms with Crippen molar-refractivity contribution in [3.05, 3.63) is 28.8 Å². The summed E-state index contributed by atoms with van der Waals surface area (Å²) >= 11 is 0. The average Bonchev–Trinajstić information content (AvgIpc) is 2.26. The number of hydrogen-bond donors (Lipinski definition) is 1. The van der Waals surface area contributed by atoms with Crippen molar-refractivity contribution in [1.82, 2.24) is 0 Å². The number of hydrogen-bond acceptors (Lipinski definition) is 2. The second kappa shape index (κ2) is 6.65. The maximum Gasteiger partial charge on any atom is 0.126 e. The van der Waals surface area contributed by atoms with E-state index >= 15 is 0 Å².